The Morgan fingerprint density at radius 3 is 1.78 bits per heavy atom. The van der Waals surface area contributed by atoms with Crippen molar-refractivity contribution in [2.75, 3.05) is 0 Å². The largest absolute Gasteiger partial charge is 2.00 e. The van der Waals surface area contributed by atoms with Crippen molar-refractivity contribution >= 4 is 56.1 Å². The van der Waals surface area contributed by atoms with Crippen molar-refractivity contribution in [3.63, 3.8) is 0 Å². The Hall–Kier alpha value is 1.98. The van der Waals surface area contributed by atoms with E-state index < -0.39 is 12.1 Å². The van der Waals surface area contributed by atoms with Gasteiger partial charge >= 0.3 is 73.3 Å². The smallest absolute Gasteiger partial charge is 1.00 e. The van der Waals surface area contributed by atoms with Crippen LogP contribution in [0.5, 0.6) is 0 Å². The van der Waals surface area contributed by atoms with Crippen molar-refractivity contribution in [2.45, 2.75) is 13.0 Å². The summed E-state index contributed by atoms with van der Waals surface area (Å²) in [6, 6.07) is 0. The maximum Gasteiger partial charge on any atom is 2.00 e. The number of hydrogen-bond acceptors (Lipinski definition) is 2. The summed E-state index contributed by atoms with van der Waals surface area (Å²) in [4.78, 5) is 9.45. The molecule has 0 aromatic heterocycles. The fraction of sp³-hybridized carbons (Fsp3) is 0.667. The fourth-order valence-electron chi connectivity index (χ4n) is 0. The summed E-state index contributed by atoms with van der Waals surface area (Å²) in [5, 5.41) is 15.8. The molecule has 0 heterocycles. The summed E-state index contributed by atoms with van der Waals surface area (Å²) in [6.07, 6.45) is -1.23. The van der Waals surface area contributed by atoms with Gasteiger partial charge in [0, 0.05) is 0 Å². The normalized spacial score (nSPS) is 9.11. The minimum Gasteiger partial charge on any atom is -1.00 e. The van der Waals surface area contributed by atoms with Crippen LogP contribution in [0.3, 0.4) is 0 Å². The zero-order valence-corrected chi connectivity index (χ0v) is 10.5. The number of rotatable bonds is 1. The Labute approximate surface area is 116 Å². The average Bonchev–Trinajstić information content (AvgIpc) is 1.36. The maximum absolute atomic E-state index is 9.45. The molecule has 2 N–H and O–H groups in total. The van der Waals surface area contributed by atoms with E-state index in [0.29, 0.717) is 0 Å². The molecular weight excluding hydrogens is 183 g/mol. The number of aliphatic hydroxyl groups excluding tert-OH is 1. The third-order valence-electron chi connectivity index (χ3n) is 0.357. The van der Waals surface area contributed by atoms with Crippen LogP contribution in [0.1, 0.15) is 11.2 Å². The monoisotopic (exact) mass is 192 g/mol. The van der Waals surface area contributed by atoms with Gasteiger partial charge in [0.15, 0.2) is 0 Å². The first-order valence-corrected chi connectivity index (χ1v) is 1.55. The molecule has 0 amide bonds. The molecule has 0 aliphatic rings. The van der Waals surface area contributed by atoms with Crippen molar-refractivity contribution in [1.29, 1.82) is 0 Å². The van der Waals surface area contributed by atoms with Crippen molar-refractivity contribution in [2.24, 2.45) is 0 Å². The molecule has 9 heavy (non-hydrogen) atoms. The van der Waals surface area contributed by atoms with E-state index in [9.17, 15) is 4.79 Å². The van der Waals surface area contributed by atoms with Crippen LogP contribution in [0.15, 0.2) is 0 Å². The number of aliphatic carboxylic acids is 1. The molecule has 1 atom stereocenters. The molecule has 6 heteroatoms. The van der Waals surface area contributed by atoms with Crippen LogP contribution in [0.4, 0.5) is 0 Å². The standard InChI is InChI=1S/C3H6O3.Ca.ClH.Na.3H/c1-2(4)3(5)6;;;;;;/h2,4H,1H3,(H,5,6);;1H;;;;/q;+2;;+1;3*-1. The van der Waals surface area contributed by atoms with Crippen LogP contribution >= 0.6 is 12.4 Å². The van der Waals surface area contributed by atoms with Gasteiger partial charge in [0.1, 0.15) is 6.10 Å². The van der Waals surface area contributed by atoms with Crippen molar-refractivity contribution in [1.82, 2.24) is 0 Å². The second-order valence-corrected chi connectivity index (χ2v) is 1.01. The third-order valence-corrected chi connectivity index (χ3v) is 0.357. The second kappa shape index (κ2) is 12.6. The number of aliphatic hydroxyl groups is 1. The van der Waals surface area contributed by atoms with E-state index in [1.807, 2.05) is 0 Å². The molecule has 1 unspecified atom stereocenters. The van der Waals surface area contributed by atoms with Crippen LogP contribution in [0.25, 0.3) is 0 Å². The topological polar surface area (TPSA) is 57.5 Å². The van der Waals surface area contributed by atoms with Gasteiger partial charge in [-0.1, -0.05) is 0 Å². The van der Waals surface area contributed by atoms with Gasteiger partial charge in [-0.05, 0) is 6.92 Å². The van der Waals surface area contributed by atoms with Crippen molar-refractivity contribution in [3.05, 3.63) is 0 Å². The number of carboxylic acids is 1. The average molecular weight is 193 g/mol. The van der Waals surface area contributed by atoms with Crippen LogP contribution in [0, 0.1) is 0 Å². The van der Waals surface area contributed by atoms with E-state index in [1.54, 1.807) is 0 Å². The molecule has 0 aliphatic carbocycles. The first-order chi connectivity index (χ1) is 2.64. The van der Waals surface area contributed by atoms with Gasteiger partial charge in [-0.25, -0.2) is 4.79 Å². The maximum atomic E-state index is 9.45. The predicted octanol–water partition coefficient (Wildman–Crippen LogP) is -3.17. The van der Waals surface area contributed by atoms with Crippen LogP contribution in [-0.4, -0.2) is 60.0 Å². The van der Waals surface area contributed by atoms with Crippen molar-refractivity contribution < 1.29 is 48.8 Å². The Morgan fingerprint density at radius 2 is 1.78 bits per heavy atom. The number of carbonyl (C=O) groups is 1. The Kier molecular flexibility index (Phi) is 31.5. The van der Waals surface area contributed by atoms with E-state index in [1.165, 1.54) is 6.92 Å². The molecule has 3 nitrogen and oxygen atoms in total. The van der Waals surface area contributed by atoms with E-state index in [0.717, 1.165) is 0 Å². The minimum atomic E-state index is -1.23. The van der Waals surface area contributed by atoms with Gasteiger partial charge in [-0.15, -0.1) is 12.4 Å². The van der Waals surface area contributed by atoms with Gasteiger partial charge in [0.25, 0.3) is 0 Å². The molecule has 0 aromatic rings. The number of carboxylic acid groups (broad SMARTS) is 1. The minimum absolute atomic E-state index is 0. The molecule has 0 aliphatic heterocycles. The van der Waals surface area contributed by atoms with Gasteiger partial charge in [0.2, 0.25) is 0 Å². The Morgan fingerprint density at radius 1 is 1.67 bits per heavy atom. The molecule has 0 aromatic carbocycles. The quantitative estimate of drug-likeness (QED) is 0.431. The Balaban J connectivity index is -0.00000000833. The van der Waals surface area contributed by atoms with Gasteiger partial charge in [-0.2, -0.15) is 0 Å². The summed E-state index contributed by atoms with van der Waals surface area (Å²) >= 11 is 0. The van der Waals surface area contributed by atoms with Crippen LogP contribution < -0.4 is 29.6 Å². The SMILES string of the molecule is CC(O)C(=O)O.Cl.[Ca+2].[H-].[H-].[H-].[Na+]. The summed E-state index contributed by atoms with van der Waals surface area (Å²) in [5.74, 6) is -1.19. The summed E-state index contributed by atoms with van der Waals surface area (Å²) in [6.45, 7) is 1.20. The van der Waals surface area contributed by atoms with Gasteiger partial charge in [0.05, 0.1) is 0 Å². The van der Waals surface area contributed by atoms with Crippen LogP contribution in [0.2, 0.25) is 0 Å². The van der Waals surface area contributed by atoms with Gasteiger partial charge < -0.3 is 14.5 Å². The van der Waals surface area contributed by atoms with Crippen LogP contribution in [-0.2, 0) is 4.79 Å². The molecule has 0 fully saturated rings. The molecule has 0 spiro atoms. The molecule has 0 saturated heterocycles. The van der Waals surface area contributed by atoms with E-state index in [-0.39, 0.29) is 84.0 Å². The second-order valence-electron chi connectivity index (χ2n) is 1.01. The summed E-state index contributed by atoms with van der Waals surface area (Å²) in [7, 11) is 0. The van der Waals surface area contributed by atoms with E-state index in [2.05, 4.69) is 0 Å². The third kappa shape index (κ3) is 17.8. The molecule has 0 saturated carbocycles. The first-order valence-electron chi connectivity index (χ1n) is 1.55. The van der Waals surface area contributed by atoms with Crippen molar-refractivity contribution in [3.8, 4) is 0 Å². The predicted molar refractivity (Wildman–Crippen MR) is 35.7 cm³/mol. The van der Waals surface area contributed by atoms with E-state index in [4.69, 9.17) is 10.2 Å². The first kappa shape index (κ1) is 22.4. The number of hydrogen-bond donors (Lipinski definition) is 2. The molecule has 0 radical (unpaired) electrons. The molecule has 0 rings (SSSR count). The molecule has 0 bridgehead atoms. The summed E-state index contributed by atoms with van der Waals surface area (Å²) < 4.78 is 0. The van der Waals surface area contributed by atoms with E-state index >= 15 is 0 Å². The Bertz CT molecular complexity index is 79.8. The zero-order valence-electron chi connectivity index (χ0n) is 8.50. The molecule has 50 valence electrons. The molecular formula is C3H10CaClNaO3. The summed E-state index contributed by atoms with van der Waals surface area (Å²) in [5.41, 5.74) is 0. The zero-order chi connectivity index (χ0) is 5.15. The fourth-order valence-corrected chi connectivity index (χ4v) is 0. The van der Waals surface area contributed by atoms with Gasteiger partial charge in [-0.3, -0.25) is 0 Å². The number of halogens is 1.